The normalized spacial score (nSPS) is 28.7. The van der Waals surface area contributed by atoms with Gasteiger partial charge in [0.1, 0.15) is 11.3 Å². The summed E-state index contributed by atoms with van der Waals surface area (Å²) in [6, 6.07) is -1.35. The SMILES string of the molecule is CC(O)[C@H]1C(=O)N2C(C(=O)O)=C(CN3CCNCC3c3c(C(=O)O)c(=O)c4c(n3C3CC3)CC(=O)C(F)=C4)[C@H](C)[C@H]12. The number of rotatable bonds is 7. The van der Waals surface area contributed by atoms with Crippen LogP contribution in [0.2, 0.25) is 0 Å². The maximum Gasteiger partial charge on any atom is 0.352 e. The fraction of sp³-hybridized carbons (Fsp3) is 0.536. The molecule has 1 aromatic rings. The van der Waals surface area contributed by atoms with Crippen LogP contribution in [0.25, 0.3) is 6.08 Å². The summed E-state index contributed by atoms with van der Waals surface area (Å²) in [7, 11) is 0. The number of carboxylic acid groups (broad SMARTS) is 2. The van der Waals surface area contributed by atoms with Gasteiger partial charge in [0.05, 0.1) is 36.2 Å². The lowest BCUT2D eigenvalue weighted by molar-refractivity contribution is -0.163. The molecule has 5 atom stereocenters. The highest BCUT2D eigenvalue weighted by molar-refractivity contribution is 6.02. The zero-order chi connectivity index (χ0) is 29.5. The second-order valence-corrected chi connectivity index (χ2v) is 11.6. The molecule has 4 heterocycles. The van der Waals surface area contributed by atoms with Crippen LogP contribution in [0.1, 0.15) is 66.1 Å². The molecule has 6 rings (SSSR count). The van der Waals surface area contributed by atoms with Crippen LogP contribution in [-0.4, -0.2) is 91.6 Å². The van der Waals surface area contributed by atoms with Gasteiger partial charge >= 0.3 is 11.9 Å². The van der Waals surface area contributed by atoms with Gasteiger partial charge in [0, 0.05) is 49.4 Å². The van der Waals surface area contributed by atoms with Gasteiger partial charge in [-0.15, -0.1) is 0 Å². The molecule has 13 heteroatoms. The number of aliphatic hydroxyl groups is 1. The number of ketones is 1. The van der Waals surface area contributed by atoms with Gasteiger partial charge in [-0.05, 0) is 31.4 Å². The molecule has 0 spiro atoms. The largest absolute Gasteiger partial charge is 0.477 e. The Morgan fingerprint density at radius 2 is 1.88 bits per heavy atom. The molecule has 1 aromatic heterocycles. The number of nitrogens with zero attached hydrogens (tertiary/aromatic N) is 3. The molecule has 12 nitrogen and oxygen atoms in total. The van der Waals surface area contributed by atoms with E-state index >= 15 is 0 Å². The third-order valence-electron chi connectivity index (χ3n) is 9.14. The van der Waals surface area contributed by atoms with E-state index in [1.165, 1.54) is 11.8 Å². The third-order valence-corrected chi connectivity index (χ3v) is 9.14. The number of allylic oxidation sites excluding steroid dienone is 1. The van der Waals surface area contributed by atoms with Crippen molar-refractivity contribution >= 4 is 29.7 Å². The zero-order valence-electron chi connectivity index (χ0n) is 22.6. The van der Waals surface area contributed by atoms with Gasteiger partial charge in [-0.1, -0.05) is 6.92 Å². The highest BCUT2D eigenvalue weighted by atomic mass is 19.1. The van der Waals surface area contributed by atoms with Crippen molar-refractivity contribution < 1.29 is 38.9 Å². The van der Waals surface area contributed by atoms with Crippen molar-refractivity contribution in [3.63, 3.8) is 0 Å². The van der Waals surface area contributed by atoms with E-state index in [1.807, 2.05) is 11.8 Å². The van der Waals surface area contributed by atoms with Crippen LogP contribution in [0, 0.1) is 11.8 Å². The highest BCUT2D eigenvalue weighted by Gasteiger charge is 2.60. The van der Waals surface area contributed by atoms with E-state index in [2.05, 4.69) is 5.32 Å². The molecule has 3 fully saturated rings. The van der Waals surface area contributed by atoms with Gasteiger partial charge in [0.15, 0.2) is 11.6 Å². The predicted octanol–water partition coefficient (Wildman–Crippen LogP) is 0.460. The summed E-state index contributed by atoms with van der Waals surface area (Å²) in [5, 5.41) is 33.8. The first-order chi connectivity index (χ1) is 19.4. The third kappa shape index (κ3) is 4.09. The van der Waals surface area contributed by atoms with Crippen molar-refractivity contribution in [1.29, 1.82) is 0 Å². The maximum absolute atomic E-state index is 14.3. The number of carboxylic acids is 2. The number of aromatic nitrogens is 1. The molecule has 41 heavy (non-hydrogen) atoms. The lowest BCUT2D eigenvalue weighted by atomic mass is 9.77. The molecule has 1 saturated carbocycles. The number of aliphatic hydroxyl groups excluding tert-OH is 1. The molecule has 1 amide bonds. The summed E-state index contributed by atoms with van der Waals surface area (Å²) in [6.45, 7) is 4.55. The number of piperazine rings is 1. The molecule has 2 aliphatic carbocycles. The summed E-state index contributed by atoms with van der Waals surface area (Å²) in [6.07, 6.45) is 0.927. The summed E-state index contributed by atoms with van der Waals surface area (Å²) in [5.74, 6) is -6.14. The quantitative estimate of drug-likeness (QED) is 0.338. The van der Waals surface area contributed by atoms with Gasteiger partial charge in [0.2, 0.25) is 11.3 Å². The van der Waals surface area contributed by atoms with E-state index in [4.69, 9.17) is 0 Å². The Labute approximate surface area is 233 Å². The van der Waals surface area contributed by atoms with Crippen LogP contribution in [0.4, 0.5) is 4.39 Å². The molecule has 218 valence electrons. The fourth-order valence-corrected chi connectivity index (χ4v) is 7.11. The number of halogens is 1. The van der Waals surface area contributed by atoms with Gasteiger partial charge in [-0.3, -0.25) is 19.3 Å². The minimum absolute atomic E-state index is 0.0877. The maximum atomic E-state index is 14.3. The zero-order valence-corrected chi connectivity index (χ0v) is 22.6. The summed E-state index contributed by atoms with van der Waals surface area (Å²) in [5.41, 5.74) is -0.613. The standard InChI is InChI=1S/C28H31FN4O8/c1-11-15(23(28(40)41)33-22(11)20(12(2)34)26(33)37)10-31-6-5-30-9-18(31)24-21(27(38)39)25(36)14-7-16(29)19(35)8-17(14)32(24)13-3-4-13/h7,11-13,18,20,22,30,34H,3-6,8-10H2,1-2H3,(H,38,39)(H,40,41)/t11-,12?,18?,20+,22+/m0/s1. The highest BCUT2D eigenvalue weighted by Crippen LogP contribution is 2.48. The van der Waals surface area contributed by atoms with Crippen molar-refractivity contribution in [2.75, 3.05) is 26.2 Å². The Morgan fingerprint density at radius 3 is 2.49 bits per heavy atom. The molecule has 2 saturated heterocycles. The Hall–Kier alpha value is -3.68. The number of nitrogens with one attached hydrogen (secondary N) is 1. The van der Waals surface area contributed by atoms with E-state index in [0.29, 0.717) is 37.2 Å². The fourth-order valence-electron chi connectivity index (χ4n) is 7.11. The Balaban J connectivity index is 1.48. The minimum Gasteiger partial charge on any atom is -0.477 e. The number of amides is 1. The van der Waals surface area contributed by atoms with E-state index in [-0.39, 0.29) is 48.4 Å². The molecular formula is C28H31FN4O8. The Bertz CT molecular complexity index is 1520. The molecule has 0 bridgehead atoms. The summed E-state index contributed by atoms with van der Waals surface area (Å²) < 4.78 is 16.0. The number of pyridine rings is 1. The van der Waals surface area contributed by atoms with Crippen molar-refractivity contribution in [1.82, 2.24) is 19.7 Å². The van der Waals surface area contributed by atoms with Crippen LogP contribution < -0.4 is 10.7 Å². The van der Waals surface area contributed by atoms with Gasteiger partial charge in [-0.25, -0.2) is 14.0 Å². The average Bonchev–Trinajstić information content (AvgIpc) is 3.71. The van der Waals surface area contributed by atoms with Crippen LogP contribution in [0.15, 0.2) is 21.9 Å². The molecule has 2 unspecified atom stereocenters. The molecule has 0 radical (unpaired) electrons. The van der Waals surface area contributed by atoms with Crippen LogP contribution >= 0.6 is 0 Å². The van der Waals surface area contributed by atoms with Crippen LogP contribution in [0.3, 0.4) is 0 Å². The van der Waals surface area contributed by atoms with Gasteiger partial charge in [-0.2, -0.15) is 0 Å². The first-order valence-corrected chi connectivity index (χ1v) is 13.8. The van der Waals surface area contributed by atoms with Crippen molar-refractivity contribution in [3.05, 3.63) is 49.8 Å². The van der Waals surface area contributed by atoms with Gasteiger partial charge < -0.3 is 30.1 Å². The monoisotopic (exact) mass is 570 g/mol. The first kappa shape index (κ1) is 27.5. The average molecular weight is 571 g/mol. The number of carbonyl (C=O) groups is 4. The molecule has 3 aliphatic heterocycles. The second-order valence-electron chi connectivity index (χ2n) is 11.6. The number of β-lactam (4-membered cyclic amide) rings is 1. The Kier molecular flexibility index (Phi) is 6.51. The van der Waals surface area contributed by atoms with Crippen molar-refractivity contribution in [3.8, 4) is 0 Å². The van der Waals surface area contributed by atoms with Gasteiger partial charge in [0.25, 0.3) is 0 Å². The number of hydrogen-bond donors (Lipinski definition) is 4. The smallest absolute Gasteiger partial charge is 0.352 e. The van der Waals surface area contributed by atoms with E-state index in [9.17, 15) is 43.7 Å². The molecule has 5 aliphatic rings. The topological polar surface area (TPSA) is 169 Å². The number of Topliss-reactive ketones (excluding diaryl/α,β-unsaturated/α-hetero) is 1. The van der Waals surface area contributed by atoms with E-state index in [1.54, 1.807) is 4.57 Å². The summed E-state index contributed by atoms with van der Waals surface area (Å²) >= 11 is 0. The van der Waals surface area contributed by atoms with Crippen molar-refractivity contribution in [2.24, 2.45) is 11.8 Å². The van der Waals surface area contributed by atoms with Crippen LogP contribution in [0.5, 0.6) is 0 Å². The lowest BCUT2D eigenvalue weighted by Crippen LogP contribution is -2.63. The minimum atomic E-state index is -1.47. The number of hydrogen-bond acceptors (Lipinski definition) is 8. The van der Waals surface area contributed by atoms with Crippen molar-refractivity contribution in [2.45, 2.75) is 57.3 Å². The second kappa shape index (κ2) is 9.71. The first-order valence-electron chi connectivity index (χ1n) is 13.8. The number of fused-ring (bicyclic) bond motifs is 2. The van der Waals surface area contributed by atoms with E-state index < -0.39 is 64.6 Å². The van der Waals surface area contributed by atoms with Crippen LogP contribution in [-0.2, 0) is 20.8 Å². The molecule has 4 N–H and O–H groups in total. The van der Waals surface area contributed by atoms with E-state index in [0.717, 1.165) is 6.08 Å². The molecule has 0 aromatic carbocycles. The summed E-state index contributed by atoms with van der Waals surface area (Å²) in [4.78, 5) is 66.8. The lowest BCUT2D eigenvalue weighted by Gasteiger charge is -2.46. The molecular weight excluding hydrogens is 539 g/mol. The predicted molar refractivity (Wildman–Crippen MR) is 141 cm³/mol. The number of carbonyl (C=O) groups excluding carboxylic acids is 2. The number of aliphatic carboxylic acids is 1. The Morgan fingerprint density at radius 1 is 1.17 bits per heavy atom. The number of aromatic carboxylic acids is 1.